The molecule has 1 heterocycles. The van der Waals surface area contributed by atoms with Gasteiger partial charge in [-0.3, -0.25) is 15.0 Å². The molecule has 0 spiro atoms. The highest BCUT2D eigenvalue weighted by atomic mass is 32.2. The third-order valence-corrected chi connectivity index (χ3v) is 5.61. The lowest BCUT2D eigenvalue weighted by molar-refractivity contribution is -0.117. The van der Waals surface area contributed by atoms with E-state index < -0.39 is 5.25 Å². The average molecular weight is 420 g/mol. The molecular formula is C22H21N5O2S. The van der Waals surface area contributed by atoms with Crippen LogP contribution in [0.1, 0.15) is 24.5 Å². The van der Waals surface area contributed by atoms with E-state index in [2.05, 4.69) is 10.3 Å². The van der Waals surface area contributed by atoms with Gasteiger partial charge in [-0.2, -0.15) is 10.3 Å². The van der Waals surface area contributed by atoms with E-state index in [1.165, 1.54) is 0 Å². The first-order chi connectivity index (χ1) is 14.5. The predicted molar refractivity (Wildman–Crippen MR) is 118 cm³/mol. The van der Waals surface area contributed by atoms with Crippen molar-refractivity contribution in [1.82, 2.24) is 4.90 Å². The lowest BCUT2D eigenvalue weighted by atomic mass is 10.1. The largest absolute Gasteiger partial charge is 0.324 e. The van der Waals surface area contributed by atoms with Gasteiger partial charge < -0.3 is 10.2 Å². The number of nitrogens with zero attached hydrogens (tertiary/aromatic N) is 3. The third kappa shape index (κ3) is 5.33. The summed E-state index contributed by atoms with van der Waals surface area (Å²) in [5.41, 5.74) is 1.93. The topological polar surface area (TPSA) is 109 Å². The van der Waals surface area contributed by atoms with Gasteiger partial charge in [-0.1, -0.05) is 54.2 Å². The maximum atomic E-state index is 12.6. The van der Waals surface area contributed by atoms with E-state index in [-0.39, 0.29) is 24.1 Å². The second-order valence-corrected chi connectivity index (χ2v) is 8.01. The fourth-order valence-corrected chi connectivity index (χ4v) is 3.87. The SMILES string of the molecule is CC(SC1=NC(=O)CC(=N)N1CCc1ccccc1)C(=O)Nc1ccccc1C#N. The number of carbonyl (C=O) groups is 2. The van der Waals surface area contributed by atoms with Crippen LogP contribution in [0.4, 0.5) is 5.69 Å². The number of anilines is 1. The molecule has 0 aliphatic carbocycles. The number of rotatable bonds is 6. The summed E-state index contributed by atoms with van der Waals surface area (Å²) in [6.45, 7) is 2.20. The lowest BCUT2D eigenvalue weighted by Crippen LogP contribution is -2.42. The van der Waals surface area contributed by atoms with Crippen molar-refractivity contribution in [3.8, 4) is 6.07 Å². The number of benzene rings is 2. The summed E-state index contributed by atoms with van der Waals surface area (Å²) in [7, 11) is 0. The van der Waals surface area contributed by atoms with Gasteiger partial charge in [0.2, 0.25) is 5.91 Å². The van der Waals surface area contributed by atoms with Crippen molar-refractivity contribution >= 4 is 40.3 Å². The zero-order valence-corrected chi connectivity index (χ0v) is 17.3. The lowest BCUT2D eigenvalue weighted by Gasteiger charge is -2.29. The van der Waals surface area contributed by atoms with Crippen LogP contribution in [0.15, 0.2) is 59.6 Å². The van der Waals surface area contributed by atoms with Gasteiger partial charge >= 0.3 is 0 Å². The van der Waals surface area contributed by atoms with E-state index in [9.17, 15) is 14.9 Å². The molecule has 0 fully saturated rings. The number of amidine groups is 2. The number of carbonyl (C=O) groups excluding carboxylic acids is 2. The van der Waals surface area contributed by atoms with Crippen molar-refractivity contribution in [1.29, 1.82) is 10.7 Å². The number of para-hydroxylation sites is 1. The number of hydrogen-bond acceptors (Lipinski definition) is 5. The Balaban J connectivity index is 1.69. The first-order valence-corrected chi connectivity index (χ1v) is 10.3. The highest BCUT2D eigenvalue weighted by Crippen LogP contribution is 2.23. The van der Waals surface area contributed by atoms with Gasteiger partial charge in [-0.25, -0.2) is 0 Å². The standard InChI is InChI=1S/C22H21N5O2S/c1-15(21(29)25-18-10-6-5-9-17(18)14-23)30-22-26-20(28)13-19(24)27(22)12-11-16-7-3-2-4-8-16/h2-10,15,24H,11-13H2,1H3,(H,25,29). The fourth-order valence-electron chi connectivity index (χ4n) is 2.90. The molecule has 30 heavy (non-hydrogen) atoms. The van der Waals surface area contributed by atoms with E-state index in [0.717, 1.165) is 17.3 Å². The third-order valence-electron chi connectivity index (χ3n) is 4.52. The Hall–Kier alpha value is -3.44. The maximum absolute atomic E-state index is 12.6. The summed E-state index contributed by atoms with van der Waals surface area (Å²) in [5.74, 6) is -0.519. The van der Waals surface area contributed by atoms with E-state index in [1.807, 2.05) is 36.4 Å². The molecule has 2 aromatic rings. The minimum absolute atomic E-state index is 0.0467. The summed E-state index contributed by atoms with van der Waals surface area (Å²) in [5, 5.41) is 19.9. The molecular weight excluding hydrogens is 398 g/mol. The van der Waals surface area contributed by atoms with Gasteiger partial charge in [0.05, 0.1) is 22.9 Å². The second-order valence-electron chi connectivity index (χ2n) is 6.71. The zero-order valence-electron chi connectivity index (χ0n) is 16.5. The van der Waals surface area contributed by atoms with Gasteiger partial charge in [-0.05, 0) is 31.0 Å². The molecule has 2 aromatic carbocycles. The molecule has 1 aliphatic heterocycles. The Bertz CT molecular complexity index is 1030. The molecule has 2 amide bonds. The number of thioether (sulfide) groups is 1. The van der Waals surface area contributed by atoms with Crippen LogP contribution in [0.2, 0.25) is 0 Å². The zero-order chi connectivity index (χ0) is 21.5. The summed E-state index contributed by atoms with van der Waals surface area (Å²) in [6, 6.07) is 18.7. The minimum Gasteiger partial charge on any atom is -0.324 e. The van der Waals surface area contributed by atoms with E-state index in [0.29, 0.717) is 29.4 Å². The van der Waals surface area contributed by atoms with Gasteiger partial charge in [0.1, 0.15) is 11.9 Å². The van der Waals surface area contributed by atoms with Crippen molar-refractivity contribution in [2.75, 3.05) is 11.9 Å². The summed E-state index contributed by atoms with van der Waals surface area (Å²) >= 11 is 1.13. The average Bonchev–Trinajstić information content (AvgIpc) is 2.74. The van der Waals surface area contributed by atoms with Gasteiger partial charge in [-0.15, -0.1) is 0 Å². The molecule has 8 heteroatoms. The smallest absolute Gasteiger partial charge is 0.255 e. The van der Waals surface area contributed by atoms with Crippen molar-refractivity contribution in [3.63, 3.8) is 0 Å². The Kier molecular flexibility index (Phi) is 6.99. The Labute approximate surface area is 179 Å². The van der Waals surface area contributed by atoms with Crippen LogP contribution in [0, 0.1) is 16.7 Å². The maximum Gasteiger partial charge on any atom is 0.255 e. The molecule has 0 saturated carbocycles. The molecule has 2 N–H and O–H groups in total. The van der Waals surface area contributed by atoms with Gasteiger partial charge in [0.25, 0.3) is 5.91 Å². The monoisotopic (exact) mass is 419 g/mol. The van der Waals surface area contributed by atoms with Gasteiger partial charge in [0, 0.05) is 6.54 Å². The number of nitrogens with one attached hydrogen (secondary N) is 2. The second kappa shape index (κ2) is 9.85. The first kappa shape index (κ1) is 21.3. The summed E-state index contributed by atoms with van der Waals surface area (Å²) < 4.78 is 0. The van der Waals surface area contributed by atoms with Crippen LogP contribution < -0.4 is 5.32 Å². The molecule has 1 atom stereocenters. The Morgan fingerprint density at radius 3 is 2.70 bits per heavy atom. The van der Waals surface area contributed by atoms with Crippen molar-refractivity contribution < 1.29 is 9.59 Å². The Morgan fingerprint density at radius 2 is 1.97 bits per heavy atom. The van der Waals surface area contributed by atoms with Crippen molar-refractivity contribution in [2.45, 2.75) is 25.0 Å². The quantitative estimate of drug-likeness (QED) is 0.745. The summed E-state index contributed by atoms with van der Waals surface area (Å²) in [4.78, 5) is 30.3. The molecule has 3 rings (SSSR count). The Morgan fingerprint density at radius 1 is 1.27 bits per heavy atom. The number of aliphatic imine (C=N–C) groups is 1. The van der Waals surface area contributed by atoms with Crippen molar-refractivity contribution in [3.05, 3.63) is 65.7 Å². The number of hydrogen-bond donors (Lipinski definition) is 2. The highest BCUT2D eigenvalue weighted by molar-refractivity contribution is 8.15. The molecule has 1 unspecified atom stereocenters. The summed E-state index contributed by atoms with van der Waals surface area (Å²) in [6.07, 6.45) is 0.641. The van der Waals surface area contributed by atoms with E-state index in [4.69, 9.17) is 5.41 Å². The predicted octanol–water partition coefficient (Wildman–Crippen LogP) is 3.43. The van der Waals surface area contributed by atoms with Crippen LogP contribution in [-0.4, -0.2) is 39.5 Å². The van der Waals surface area contributed by atoms with Gasteiger partial charge in [0.15, 0.2) is 5.17 Å². The normalized spacial score (nSPS) is 14.7. The molecule has 152 valence electrons. The molecule has 0 radical (unpaired) electrons. The molecule has 0 aromatic heterocycles. The van der Waals surface area contributed by atoms with Crippen LogP contribution >= 0.6 is 11.8 Å². The highest BCUT2D eigenvalue weighted by Gasteiger charge is 2.28. The molecule has 0 saturated heterocycles. The van der Waals surface area contributed by atoms with Crippen LogP contribution in [-0.2, 0) is 16.0 Å². The number of amides is 2. The van der Waals surface area contributed by atoms with Crippen molar-refractivity contribution in [2.24, 2.45) is 4.99 Å². The minimum atomic E-state index is -0.576. The first-order valence-electron chi connectivity index (χ1n) is 9.45. The number of nitriles is 1. The van der Waals surface area contributed by atoms with Crippen LogP contribution in [0.5, 0.6) is 0 Å². The van der Waals surface area contributed by atoms with Crippen LogP contribution in [0.3, 0.4) is 0 Å². The van der Waals surface area contributed by atoms with E-state index >= 15 is 0 Å². The van der Waals surface area contributed by atoms with Crippen LogP contribution in [0.25, 0.3) is 0 Å². The molecule has 1 aliphatic rings. The molecule has 0 bridgehead atoms. The molecule has 7 nitrogen and oxygen atoms in total. The van der Waals surface area contributed by atoms with E-state index in [1.54, 1.807) is 36.1 Å². The fraction of sp³-hybridized carbons (Fsp3) is 0.227.